The molecule has 0 fully saturated rings. The summed E-state index contributed by atoms with van der Waals surface area (Å²) in [7, 11) is 2.06. The molecular formula is C28H30N4O3. The number of rotatable bonds is 10. The number of aromatic amines is 1. The minimum Gasteiger partial charge on any atom is -0.352 e. The highest BCUT2D eigenvalue weighted by Crippen LogP contribution is 2.10. The van der Waals surface area contributed by atoms with Gasteiger partial charge in [0.25, 0.3) is 11.5 Å². The Kier molecular flexibility index (Phi) is 7.90. The Morgan fingerprint density at radius 2 is 1.63 bits per heavy atom. The number of aryl methyl sites for hydroxylation is 1. The van der Waals surface area contributed by atoms with E-state index in [1.807, 2.05) is 48.5 Å². The highest BCUT2D eigenvalue weighted by Gasteiger charge is 2.12. The molecule has 0 saturated carbocycles. The maximum Gasteiger partial charge on any atom is 0.328 e. The van der Waals surface area contributed by atoms with E-state index in [4.69, 9.17) is 0 Å². The van der Waals surface area contributed by atoms with E-state index >= 15 is 0 Å². The molecule has 180 valence electrons. The molecule has 4 aromatic rings. The van der Waals surface area contributed by atoms with Crippen molar-refractivity contribution in [2.24, 2.45) is 0 Å². The van der Waals surface area contributed by atoms with Gasteiger partial charge in [-0.2, -0.15) is 0 Å². The minimum atomic E-state index is -0.475. The summed E-state index contributed by atoms with van der Waals surface area (Å²) in [5, 5.41) is 3.31. The lowest BCUT2D eigenvalue weighted by molar-refractivity contribution is 0.0952. The van der Waals surface area contributed by atoms with Crippen LogP contribution in [0.4, 0.5) is 0 Å². The summed E-state index contributed by atoms with van der Waals surface area (Å²) in [6, 6.07) is 24.8. The molecule has 3 aromatic carbocycles. The van der Waals surface area contributed by atoms with Crippen molar-refractivity contribution in [1.29, 1.82) is 0 Å². The molecule has 0 saturated heterocycles. The van der Waals surface area contributed by atoms with Crippen LogP contribution < -0.4 is 16.6 Å². The molecular weight excluding hydrogens is 440 g/mol. The van der Waals surface area contributed by atoms with Gasteiger partial charge >= 0.3 is 5.69 Å². The Bertz CT molecular complexity index is 1390. The van der Waals surface area contributed by atoms with Crippen molar-refractivity contribution >= 4 is 16.8 Å². The molecule has 0 unspecified atom stereocenters. The number of aromatic nitrogens is 2. The first-order valence-electron chi connectivity index (χ1n) is 11.8. The molecule has 1 aromatic heterocycles. The van der Waals surface area contributed by atoms with Gasteiger partial charge in [0, 0.05) is 25.2 Å². The molecule has 0 radical (unpaired) electrons. The van der Waals surface area contributed by atoms with E-state index in [1.54, 1.807) is 18.2 Å². The molecule has 2 N–H and O–H groups in total. The van der Waals surface area contributed by atoms with E-state index in [1.165, 1.54) is 10.1 Å². The molecule has 0 aliphatic heterocycles. The van der Waals surface area contributed by atoms with Crippen molar-refractivity contribution in [2.45, 2.75) is 25.9 Å². The Morgan fingerprint density at radius 3 is 2.34 bits per heavy atom. The smallest absolute Gasteiger partial charge is 0.328 e. The number of carbonyl (C=O) groups excluding carboxylic acids is 1. The lowest BCUT2D eigenvalue weighted by Crippen LogP contribution is -2.35. The lowest BCUT2D eigenvalue weighted by atomic mass is 10.1. The predicted molar refractivity (Wildman–Crippen MR) is 139 cm³/mol. The number of nitrogens with zero attached hydrogens (tertiary/aromatic N) is 2. The van der Waals surface area contributed by atoms with Crippen LogP contribution in [0, 0.1) is 0 Å². The van der Waals surface area contributed by atoms with Gasteiger partial charge in [0.2, 0.25) is 0 Å². The van der Waals surface area contributed by atoms with Crippen molar-refractivity contribution in [3.8, 4) is 0 Å². The Hall–Kier alpha value is -3.97. The average Bonchev–Trinajstić information content (AvgIpc) is 2.87. The van der Waals surface area contributed by atoms with Crippen molar-refractivity contribution in [3.05, 3.63) is 116 Å². The van der Waals surface area contributed by atoms with Crippen LogP contribution in [0.15, 0.2) is 88.5 Å². The Morgan fingerprint density at radius 1 is 0.943 bits per heavy atom. The SMILES string of the molecule is CN(CCCNC(=O)c1ccc2c(=O)n(CCc3ccccc3)c(=O)[nH]c2c1)Cc1ccccc1. The first kappa shape index (κ1) is 24.2. The van der Waals surface area contributed by atoms with Crippen molar-refractivity contribution in [3.63, 3.8) is 0 Å². The van der Waals surface area contributed by atoms with Crippen molar-refractivity contribution < 1.29 is 4.79 Å². The number of H-pyrrole nitrogens is 1. The van der Waals surface area contributed by atoms with Gasteiger partial charge in [-0.3, -0.25) is 14.2 Å². The summed E-state index contributed by atoms with van der Waals surface area (Å²) in [4.78, 5) is 43.0. The first-order chi connectivity index (χ1) is 17.0. The molecule has 7 nitrogen and oxygen atoms in total. The van der Waals surface area contributed by atoms with Crippen LogP contribution >= 0.6 is 0 Å². The molecule has 0 aliphatic rings. The molecule has 0 aliphatic carbocycles. The number of hydrogen-bond acceptors (Lipinski definition) is 4. The number of fused-ring (bicyclic) bond motifs is 1. The van der Waals surface area contributed by atoms with Gasteiger partial charge in [0.05, 0.1) is 10.9 Å². The standard InChI is InChI=1S/C28H30N4O3/c1-31(20-22-11-6-3-7-12-22)17-8-16-29-26(33)23-13-14-24-25(19-23)30-28(35)32(27(24)34)18-15-21-9-4-2-5-10-21/h2-7,9-14,19H,8,15-18,20H2,1H3,(H,29,33)(H,30,35). The highest BCUT2D eigenvalue weighted by atomic mass is 16.2. The largest absolute Gasteiger partial charge is 0.352 e. The van der Waals surface area contributed by atoms with Crippen LogP contribution in [0.3, 0.4) is 0 Å². The average molecular weight is 471 g/mol. The third-order valence-electron chi connectivity index (χ3n) is 6.01. The molecule has 1 amide bonds. The van der Waals surface area contributed by atoms with Crippen LogP contribution in [0.1, 0.15) is 27.9 Å². The molecule has 4 rings (SSSR count). The number of amides is 1. The maximum absolute atomic E-state index is 12.9. The second-order valence-electron chi connectivity index (χ2n) is 8.72. The fourth-order valence-corrected chi connectivity index (χ4v) is 4.11. The van der Waals surface area contributed by atoms with Crippen molar-refractivity contribution in [2.75, 3.05) is 20.1 Å². The normalized spacial score (nSPS) is 11.1. The van der Waals surface area contributed by atoms with Gasteiger partial charge in [-0.1, -0.05) is 60.7 Å². The van der Waals surface area contributed by atoms with Gasteiger partial charge in [-0.05, 0) is 55.8 Å². The Labute approximate surface area is 204 Å². The summed E-state index contributed by atoms with van der Waals surface area (Å²) in [6.45, 7) is 2.53. The van der Waals surface area contributed by atoms with Crippen LogP contribution in [-0.4, -0.2) is 40.5 Å². The zero-order valence-electron chi connectivity index (χ0n) is 19.9. The van der Waals surface area contributed by atoms with Crippen LogP contribution in [0.5, 0.6) is 0 Å². The molecule has 7 heteroatoms. The molecule has 35 heavy (non-hydrogen) atoms. The number of nitrogens with one attached hydrogen (secondary N) is 2. The van der Waals surface area contributed by atoms with Crippen LogP contribution in [0.25, 0.3) is 10.9 Å². The number of hydrogen-bond donors (Lipinski definition) is 2. The molecule has 1 heterocycles. The predicted octanol–water partition coefficient (Wildman–Crippen LogP) is 3.18. The van der Waals surface area contributed by atoms with Gasteiger partial charge < -0.3 is 15.2 Å². The van der Waals surface area contributed by atoms with E-state index in [-0.39, 0.29) is 18.0 Å². The minimum absolute atomic E-state index is 0.230. The summed E-state index contributed by atoms with van der Waals surface area (Å²) >= 11 is 0. The quantitative estimate of drug-likeness (QED) is 0.349. The maximum atomic E-state index is 12.9. The highest BCUT2D eigenvalue weighted by molar-refractivity contribution is 5.97. The van der Waals surface area contributed by atoms with Crippen molar-refractivity contribution in [1.82, 2.24) is 19.8 Å². The number of benzene rings is 3. The zero-order valence-corrected chi connectivity index (χ0v) is 19.9. The fraction of sp³-hybridized carbons (Fsp3) is 0.250. The monoisotopic (exact) mass is 470 g/mol. The molecule has 0 atom stereocenters. The van der Waals surface area contributed by atoms with E-state index in [9.17, 15) is 14.4 Å². The number of carbonyl (C=O) groups is 1. The van der Waals surface area contributed by atoms with Gasteiger partial charge in [0.1, 0.15) is 0 Å². The summed E-state index contributed by atoms with van der Waals surface area (Å²) in [6.07, 6.45) is 1.39. The van der Waals surface area contributed by atoms with E-state index in [0.29, 0.717) is 29.4 Å². The first-order valence-corrected chi connectivity index (χ1v) is 11.8. The van der Waals surface area contributed by atoms with E-state index in [2.05, 4.69) is 34.4 Å². The fourth-order valence-electron chi connectivity index (χ4n) is 4.11. The Balaban J connectivity index is 1.35. The third kappa shape index (κ3) is 6.33. The zero-order chi connectivity index (χ0) is 24.6. The second-order valence-corrected chi connectivity index (χ2v) is 8.72. The molecule has 0 bridgehead atoms. The summed E-state index contributed by atoms with van der Waals surface area (Å²) in [5.74, 6) is -0.230. The summed E-state index contributed by atoms with van der Waals surface area (Å²) in [5.41, 5.74) is 2.25. The van der Waals surface area contributed by atoms with Gasteiger partial charge in [-0.15, -0.1) is 0 Å². The van der Waals surface area contributed by atoms with E-state index < -0.39 is 5.69 Å². The van der Waals surface area contributed by atoms with Gasteiger partial charge in [-0.25, -0.2) is 4.79 Å². The second kappa shape index (κ2) is 11.4. The topological polar surface area (TPSA) is 87.2 Å². The summed E-state index contributed by atoms with van der Waals surface area (Å²) < 4.78 is 1.21. The molecule has 0 spiro atoms. The van der Waals surface area contributed by atoms with E-state index in [0.717, 1.165) is 25.1 Å². The lowest BCUT2D eigenvalue weighted by Gasteiger charge is -2.16. The van der Waals surface area contributed by atoms with Crippen LogP contribution in [0.2, 0.25) is 0 Å². The van der Waals surface area contributed by atoms with Crippen LogP contribution in [-0.2, 0) is 19.5 Å². The third-order valence-corrected chi connectivity index (χ3v) is 6.01. The van der Waals surface area contributed by atoms with Gasteiger partial charge in [0.15, 0.2) is 0 Å².